The third-order valence-corrected chi connectivity index (χ3v) is 1.89. The van der Waals surface area contributed by atoms with Gasteiger partial charge in [0.15, 0.2) is 0 Å². The molecule has 0 saturated carbocycles. The van der Waals surface area contributed by atoms with Crippen LogP contribution in [0.25, 0.3) is 0 Å². The Morgan fingerprint density at radius 2 is 2.42 bits per heavy atom. The molecule has 0 aromatic heterocycles. The quantitative estimate of drug-likeness (QED) is 0.586. The number of nitrogens with one attached hydrogen (secondary N) is 1. The zero-order valence-electron chi connectivity index (χ0n) is 7.88. The summed E-state index contributed by atoms with van der Waals surface area (Å²) >= 11 is 0. The molecule has 1 N–H and O–H groups in total. The number of rotatable bonds is 1. The molecule has 1 rings (SSSR count). The fourth-order valence-corrected chi connectivity index (χ4v) is 1.27. The maximum atomic E-state index is 4.10. The van der Waals surface area contributed by atoms with Crippen LogP contribution in [0.5, 0.6) is 0 Å². The van der Waals surface area contributed by atoms with E-state index in [2.05, 4.69) is 22.3 Å². The van der Waals surface area contributed by atoms with Gasteiger partial charge in [0.2, 0.25) is 0 Å². The summed E-state index contributed by atoms with van der Waals surface area (Å²) in [6, 6.07) is 0. The van der Waals surface area contributed by atoms with Crippen LogP contribution in [0.3, 0.4) is 0 Å². The molecule has 1 saturated heterocycles. The molecule has 0 aromatic rings. The van der Waals surface area contributed by atoms with E-state index in [1.54, 1.807) is 6.21 Å². The standard InChI is InChI=1S/C9H17N3/c1-3-10-7-9-8-12(2)6-4-5-11-9/h3,7,11H,4-6,8H2,1-2H3/b9-7-,10-3?. The van der Waals surface area contributed by atoms with E-state index in [-0.39, 0.29) is 0 Å². The van der Waals surface area contributed by atoms with Gasteiger partial charge in [0.05, 0.1) is 0 Å². The summed E-state index contributed by atoms with van der Waals surface area (Å²) in [5.74, 6) is 0. The van der Waals surface area contributed by atoms with Crippen molar-refractivity contribution in [3.8, 4) is 0 Å². The minimum atomic E-state index is 0.983. The fourth-order valence-electron chi connectivity index (χ4n) is 1.27. The molecule has 68 valence electrons. The summed E-state index contributed by atoms with van der Waals surface area (Å²) in [6.07, 6.45) is 4.92. The summed E-state index contributed by atoms with van der Waals surface area (Å²) in [5.41, 5.74) is 1.22. The van der Waals surface area contributed by atoms with Gasteiger partial charge in [0.1, 0.15) is 0 Å². The largest absolute Gasteiger partial charge is 0.386 e. The molecule has 0 bridgehead atoms. The van der Waals surface area contributed by atoms with Crippen molar-refractivity contribution in [2.45, 2.75) is 13.3 Å². The first-order valence-electron chi connectivity index (χ1n) is 4.42. The van der Waals surface area contributed by atoms with Crippen molar-refractivity contribution < 1.29 is 0 Å². The lowest BCUT2D eigenvalue weighted by Crippen LogP contribution is -2.22. The maximum Gasteiger partial charge on any atom is 0.0466 e. The van der Waals surface area contributed by atoms with E-state index >= 15 is 0 Å². The lowest BCUT2D eigenvalue weighted by molar-refractivity contribution is 0.373. The third-order valence-electron chi connectivity index (χ3n) is 1.89. The predicted molar refractivity (Wildman–Crippen MR) is 52.4 cm³/mol. The molecule has 12 heavy (non-hydrogen) atoms. The van der Waals surface area contributed by atoms with Crippen LogP contribution in [-0.2, 0) is 0 Å². The Kier molecular flexibility index (Phi) is 3.80. The highest BCUT2D eigenvalue weighted by Crippen LogP contribution is 2.00. The number of hydrogen-bond acceptors (Lipinski definition) is 3. The van der Waals surface area contributed by atoms with E-state index in [1.165, 1.54) is 18.7 Å². The minimum absolute atomic E-state index is 0.983. The van der Waals surface area contributed by atoms with E-state index in [9.17, 15) is 0 Å². The van der Waals surface area contributed by atoms with Crippen LogP contribution >= 0.6 is 0 Å². The molecule has 0 spiro atoms. The van der Waals surface area contributed by atoms with Gasteiger partial charge in [-0.1, -0.05) is 0 Å². The predicted octanol–water partition coefficient (Wildman–Crippen LogP) is 0.844. The highest BCUT2D eigenvalue weighted by Gasteiger charge is 2.06. The van der Waals surface area contributed by atoms with Crippen LogP contribution < -0.4 is 5.32 Å². The van der Waals surface area contributed by atoms with Crippen LogP contribution in [0.1, 0.15) is 13.3 Å². The van der Waals surface area contributed by atoms with Gasteiger partial charge in [-0.25, -0.2) is 0 Å². The van der Waals surface area contributed by atoms with E-state index in [4.69, 9.17) is 0 Å². The molecule has 1 aliphatic rings. The van der Waals surface area contributed by atoms with Gasteiger partial charge >= 0.3 is 0 Å². The average Bonchev–Trinajstić information content (AvgIpc) is 2.26. The molecule has 1 aliphatic heterocycles. The van der Waals surface area contributed by atoms with Crippen molar-refractivity contribution in [1.29, 1.82) is 0 Å². The Morgan fingerprint density at radius 1 is 1.58 bits per heavy atom. The summed E-state index contributed by atoms with van der Waals surface area (Å²) in [5, 5.41) is 3.35. The summed E-state index contributed by atoms with van der Waals surface area (Å²) < 4.78 is 0. The fraction of sp³-hybridized carbons (Fsp3) is 0.667. The second-order valence-electron chi connectivity index (χ2n) is 3.08. The van der Waals surface area contributed by atoms with Crippen LogP contribution in [0, 0.1) is 0 Å². The molecule has 1 heterocycles. The van der Waals surface area contributed by atoms with Crippen LogP contribution in [-0.4, -0.2) is 37.8 Å². The van der Waals surface area contributed by atoms with Crippen LogP contribution in [0.15, 0.2) is 16.9 Å². The third kappa shape index (κ3) is 3.05. The Hall–Kier alpha value is -0.830. The van der Waals surface area contributed by atoms with Gasteiger partial charge < -0.3 is 10.2 Å². The van der Waals surface area contributed by atoms with E-state index < -0.39 is 0 Å². The number of likely N-dealkylation sites (N-methyl/N-ethyl adjacent to an activating group) is 1. The first-order valence-corrected chi connectivity index (χ1v) is 4.42. The topological polar surface area (TPSA) is 27.6 Å². The first-order chi connectivity index (χ1) is 5.83. The lowest BCUT2D eigenvalue weighted by atomic mass is 10.4. The van der Waals surface area contributed by atoms with E-state index in [0.717, 1.165) is 13.1 Å². The average molecular weight is 167 g/mol. The smallest absolute Gasteiger partial charge is 0.0466 e. The lowest BCUT2D eigenvalue weighted by Gasteiger charge is -2.12. The molecule has 0 unspecified atom stereocenters. The molecule has 0 aliphatic carbocycles. The van der Waals surface area contributed by atoms with Gasteiger partial charge in [-0.05, 0) is 26.9 Å². The molecule has 0 amide bonds. The van der Waals surface area contributed by atoms with E-state index in [0.29, 0.717) is 0 Å². The van der Waals surface area contributed by atoms with Gasteiger partial charge in [-0.2, -0.15) is 0 Å². The second-order valence-corrected chi connectivity index (χ2v) is 3.08. The van der Waals surface area contributed by atoms with Gasteiger partial charge in [0, 0.05) is 31.2 Å². The van der Waals surface area contributed by atoms with Crippen molar-refractivity contribution >= 4 is 6.21 Å². The molecule has 0 atom stereocenters. The van der Waals surface area contributed by atoms with Crippen LogP contribution in [0.4, 0.5) is 0 Å². The Morgan fingerprint density at radius 3 is 3.17 bits per heavy atom. The molecule has 3 heteroatoms. The van der Waals surface area contributed by atoms with Gasteiger partial charge in [0.25, 0.3) is 0 Å². The molecule has 1 fully saturated rings. The summed E-state index contributed by atoms with van der Waals surface area (Å²) in [7, 11) is 2.14. The monoisotopic (exact) mass is 167 g/mol. The number of aliphatic imine (C=N–C) groups is 1. The zero-order chi connectivity index (χ0) is 8.81. The minimum Gasteiger partial charge on any atom is -0.386 e. The normalized spacial score (nSPS) is 24.3. The van der Waals surface area contributed by atoms with Crippen molar-refractivity contribution in [3.05, 3.63) is 11.9 Å². The Balaban J connectivity index is 2.51. The van der Waals surface area contributed by atoms with Crippen molar-refractivity contribution in [2.24, 2.45) is 4.99 Å². The van der Waals surface area contributed by atoms with Crippen LogP contribution in [0.2, 0.25) is 0 Å². The van der Waals surface area contributed by atoms with Gasteiger partial charge in [-0.15, -0.1) is 0 Å². The molecule has 0 aromatic carbocycles. The second kappa shape index (κ2) is 4.93. The highest BCUT2D eigenvalue weighted by molar-refractivity contribution is 5.54. The summed E-state index contributed by atoms with van der Waals surface area (Å²) in [4.78, 5) is 6.40. The maximum absolute atomic E-state index is 4.10. The van der Waals surface area contributed by atoms with Crippen molar-refractivity contribution in [3.63, 3.8) is 0 Å². The van der Waals surface area contributed by atoms with E-state index in [1.807, 2.05) is 13.1 Å². The molecule has 3 nitrogen and oxygen atoms in total. The van der Waals surface area contributed by atoms with Crippen molar-refractivity contribution in [1.82, 2.24) is 10.2 Å². The summed E-state index contributed by atoms with van der Waals surface area (Å²) in [6.45, 7) is 5.14. The van der Waals surface area contributed by atoms with Gasteiger partial charge in [-0.3, -0.25) is 4.99 Å². The zero-order valence-corrected chi connectivity index (χ0v) is 7.88. The van der Waals surface area contributed by atoms with Crippen molar-refractivity contribution in [2.75, 3.05) is 26.7 Å². The first kappa shape index (κ1) is 9.26. The molecule has 0 radical (unpaired) electrons. The Bertz CT molecular complexity index is 184. The molecular weight excluding hydrogens is 150 g/mol. The Labute approximate surface area is 74.2 Å². The SMILES string of the molecule is CC=N/C=C1/CN(C)CCCN1. The number of hydrogen-bond donors (Lipinski definition) is 1. The molecular formula is C9H17N3. The number of nitrogens with zero attached hydrogens (tertiary/aromatic N) is 2. The highest BCUT2D eigenvalue weighted by atomic mass is 15.1.